The largest absolute Gasteiger partial charge is 0.352 e. The molecule has 2 aliphatic rings. The minimum Gasteiger partial charge on any atom is -0.352 e. The molecule has 27 heavy (non-hydrogen) atoms. The number of benzene rings is 1. The van der Waals surface area contributed by atoms with Crippen LogP contribution in [0.25, 0.3) is 0 Å². The van der Waals surface area contributed by atoms with E-state index in [4.69, 9.17) is 0 Å². The Balaban J connectivity index is 0.00000261. The van der Waals surface area contributed by atoms with Crippen molar-refractivity contribution < 1.29 is 18.0 Å². The van der Waals surface area contributed by atoms with Gasteiger partial charge in [-0.15, -0.1) is 12.4 Å². The number of rotatable bonds is 5. The van der Waals surface area contributed by atoms with Gasteiger partial charge in [0.15, 0.2) is 0 Å². The monoisotopic (exact) mass is 416 g/mol. The molecule has 2 fully saturated rings. The highest BCUT2D eigenvalue weighted by Crippen LogP contribution is 2.19. The highest BCUT2D eigenvalue weighted by atomic mass is 35.5. The van der Waals surface area contributed by atoms with Crippen molar-refractivity contribution in [1.82, 2.24) is 19.8 Å². The van der Waals surface area contributed by atoms with E-state index in [9.17, 15) is 18.0 Å². The molecular weight excluding hydrogens is 392 g/mol. The summed E-state index contributed by atoms with van der Waals surface area (Å²) in [6.45, 7) is 5.11. The van der Waals surface area contributed by atoms with Crippen molar-refractivity contribution in [3.8, 4) is 0 Å². The molecule has 0 radical (unpaired) electrons. The summed E-state index contributed by atoms with van der Waals surface area (Å²) in [7, 11) is -3.69. The van der Waals surface area contributed by atoms with Gasteiger partial charge in [0.25, 0.3) is 5.91 Å². The number of carbonyl (C=O) groups is 2. The van der Waals surface area contributed by atoms with Crippen LogP contribution < -0.4 is 10.6 Å². The van der Waals surface area contributed by atoms with E-state index in [-0.39, 0.29) is 42.2 Å². The van der Waals surface area contributed by atoms with Gasteiger partial charge in [0.05, 0.1) is 4.90 Å². The van der Waals surface area contributed by atoms with Crippen molar-refractivity contribution in [1.29, 1.82) is 0 Å². The van der Waals surface area contributed by atoms with Crippen molar-refractivity contribution in [3.05, 3.63) is 29.8 Å². The smallest absolute Gasteiger partial charge is 0.251 e. The Morgan fingerprint density at radius 3 is 2.41 bits per heavy atom. The second-order valence-corrected chi connectivity index (χ2v) is 8.61. The predicted molar refractivity (Wildman–Crippen MR) is 103 cm³/mol. The summed E-state index contributed by atoms with van der Waals surface area (Å²) >= 11 is 0. The van der Waals surface area contributed by atoms with Gasteiger partial charge in [-0.25, -0.2) is 8.42 Å². The molecule has 3 rings (SSSR count). The molecular formula is C17H25ClN4O4S. The van der Waals surface area contributed by atoms with Gasteiger partial charge in [0, 0.05) is 64.2 Å². The quantitative estimate of drug-likeness (QED) is 0.699. The molecule has 1 aromatic carbocycles. The molecule has 0 bridgehead atoms. The first-order valence-corrected chi connectivity index (χ1v) is 10.2. The lowest BCUT2D eigenvalue weighted by Crippen LogP contribution is -2.50. The summed E-state index contributed by atoms with van der Waals surface area (Å²) in [5.41, 5.74) is 0.334. The number of piperazine rings is 1. The molecule has 0 atom stereocenters. The van der Waals surface area contributed by atoms with Crippen molar-refractivity contribution in [2.75, 3.05) is 45.8 Å². The van der Waals surface area contributed by atoms with Crippen LogP contribution >= 0.6 is 12.4 Å². The van der Waals surface area contributed by atoms with Crippen LogP contribution in [0.15, 0.2) is 29.2 Å². The third-order valence-electron chi connectivity index (χ3n) is 4.84. The van der Waals surface area contributed by atoms with Gasteiger partial charge in [0.2, 0.25) is 15.9 Å². The summed E-state index contributed by atoms with van der Waals surface area (Å²) in [6, 6.07) is 6.11. The highest BCUT2D eigenvalue weighted by Gasteiger charge is 2.29. The van der Waals surface area contributed by atoms with Gasteiger partial charge in [0.1, 0.15) is 0 Å². The predicted octanol–water partition coefficient (Wildman–Crippen LogP) is -0.0896. The number of nitrogens with one attached hydrogen (secondary N) is 2. The molecule has 0 spiro atoms. The zero-order chi connectivity index (χ0) is 18.7. The summed E-state index contributed by atoms with van der Waals surface area (Å²) < 4.78 is 27.0. The fraction of sp³-hybridized carbons (Fsp3) is 0.529. The molecule has 2 heterocycles. The molecule has 0 unspecified atom stereocenters. The molecule has 150 valence electrons. The summed E-state index contributed by atoms with van der Waals surface area (Å²) in [5, 5.41) is 5.99. The first-order valence-electron chi connectivity index (χ1n) is 8.72. The number of amides is 2. The Morgan fingerprint density at radius 1 is 1.19 bits per heavy atom. The van der Waals surface area contributed by atoms with E-state index in [0.29, 0.717) is 31.1 Å². The van der Waals surface area contributed by atoms with Crippen molar-refractivity contribution in [3.63, 3.8) is 0 Å². The number of carbonyl (C=O) groups excluding carboxylic acids is 2. The standard InChI is InChI=1S/C17H24N4O4S.ClH/c1-13(22)20-5-7-21(8-6-20)26(24,25)16-4-2-3-15(9-16)17(23)19-12-14-10-18-11-14;/h2-4,9,14,18H,5-8,10-12H2,1H3,(H,19,23);1H. The third kappa shape index (κ3) is 4.98. The number of halogens is 1. The zero-order valence-electron chi connectivity index (χ0n) is 15.2. The van der Waals surface area contributed by atoms with Crippen molar-refractivity contribution in [2.24, 2.45) is 5.92 Å². The Kier molecular flexibility index (Phi) is 7.21. The van der Waals surface area contributed by atoms with E-state index < -0.39 is 10.0 Å². The Bertz CT molecular complexity index is 790. The van der Waals surface area contributed by atoms with E-state index in [1.165, 1.54) is 23.4 Å². The van der Waals surface area contributed by atoms with Crippen LogP contribution in [0, 0.1) is 5.92 Å². The maximum absolute atomic E-state index is 12.8. The summed E-state index contributed by atoms with van der Waals surface area (Å²) in [6.07, 6.45) is 0. The Labute approximate surface area is 165 Å². The zero-order valence-corrected chi connectivity index (χ0v) is 16.8. The first-order chi connectivity index (χ1) is 12.4. The van der Waals surface area contributed by atoms with Crippen LogP contribution in [0.3, 0.4) is 0 Å². The first kappa shape index (κ1) is 21.6. The van der Waals surface area contributed by atoms with E-state index in [1.54, 1.807) is 17.0 Å². The lowest BCUT2D eigenvalue weighted by atomic mass is 10.0. The Hall–Kier alpha value is -1.68. The molecule has 2 amide bonds. The minimum atomic E-state index is -3.69. The van der Waals surface area contributed by atoms with Crippen LogP contribution in [0.4, 0.5) is 0 Å². The SMILES string of the molecule is CC(=O)N1CCN(S(=O)(=O)c2cccc(C(=O)NCC3CNC3)c2)CC1.Cl. The third-order valence-corrected chi connectivity index (χ3v) is 6.73. The van der Waals surface area contributed by atoms with Crippen LogP contribution in [0.2, 0.25) is 0 Å². The fourth-order valence-corrected chi connectivity index (χ4v) is 4.49. The maximum Gasteiger partial charge on any atom is 0.251 e. The highest BCUT2D eigenvalue weighted by molar-refractivity contribution is 7.89. The average molecular weight is 417 g/mol. The number of sulfonamides is 1. The lowest BCUT2D eigenvalue weighted by Gasteiger charge is -2.33. The van der Waals surface area contributed by atoms with Gasteiger partial charge in [-0.1, -0.05) is 6.07 Å². The van der Waals surface area contributed by atoms with E-state index >= 15 is 0 Å². The molecule has 2 N–H and O–H groups in total. The summed E-state index contributed by atoms with van der Waals surface area (Å²) in [5.74, 6) is 0.112. The molecule has 0 aliphatic carbocycles. The van der Waals surface area contributed by atoms with E-state index in [1.807, 2.05) is 0 Å². The van der Waals surface area contributed by atoms with Gasteiger partial charge >= 0.3 is 0 Å². The number of hydrogen-bond acceptors (Lipinski definition) is 5. The van der Waals surface area contributed by atoms with Crippen molar-refractivity contribution >= 4 is 34.2 Å². The van der Waals surface area contributed by atoms with Crippen LogP contribution in [-0.4, -0.2) is 75.3 Å². The lowest BCUT2D eigenvalue weighted by molar-refractivity contribution is -0.129. The average Bonchev–Trinajstić information content (AvgIpc) is 2.60. The Morgan fingerprint density at radius 2 is 1.85 bits per heavy atom. The van der Waals surface area contributed by atoms with Crippen molar-refractivity contribution in [2.45, 2.75) is 11.8 Å². The summed E-state index contributed by atoms with van der Waals surface area (Å²) in [4.78, 5) is 25.4. The molecule has 2 saturated heterocycles. The number of nitrogens with zero attached hydrogens (tertiary/aromatic N) is 2. The molecule has 0 saturated carbocycles. The fourth-order valence-electron chi connectivity index (χ4n) is 3.02. The second kappa shape index (κ2) is 9.01. The molecule has 2 aliphatic heterocycles. The molecule has 8 nitrogen and oxygen atoms in total. The van der Waals surface area contributed by atoms with Gasteiger partial charge in [-0.2, -0.15) is 4.31 Å². The van der Waals surface area contributed by atoms with Crippen LogP contribution in [0.5, 0.6) is 0 Å². The van der Waals surface area contributed by atoms with Crippen LogP contribution in [0.1, 0.15) is 17.3 Å². The van der Waals surface area contributed by atoms with E-state index in [2.05, 4.69) is 10.6 Å². The maximum atomic E-state index is 12.8. The minimum absolute atomic E-state index is 0. The van der Waals surface area contributed by atoms with Gasteiger partial charge in [-0.05, 0) is 18.2 Å². The molecule has 0 aromatic heterocycles. The van der Waals surface area contributed by atoms with Gasteiger partial charge < -0.3 is 15.5 Å². The topological polar surface area (TPSA) is 98.8 Å². The molecule has 1 aromatic rings. The van der Waals surface area contributed by atoms with Crippen LogP contribution in [-0.2, 0) is 14.8 Å². The van der Waals surface area contributed by atoms with E-state index in [0.717, 1.165) is 13.1 Å². The normalized spacial score (nSPS) is 18.3. The number of hydrogen-bond donors (Lipinski definition) is 2. The second-order valence-electron chi connectivity index (χ2n) is 6.67. The van der Waals surface area contributed by atoms with Gasteiger partial charge in [-0.3, -0.25) is 9.59 Å². The molecule has 10 heteroatoms.